The van der Waals surface area contributed by atoms with Gasteiger partial charge >= 0.3 is 0 Å². The standard InChI is InChI=1S/C20H14N2O2/c21-13-16(12-15-7-2-4-11-19(15)23)20(24)22-18-10-5-8-14-6-1-3-9-17(14)18/h1-12,23H,(H,22,24). The zero-order valence-electron chi connectivity index (χ0n) is 12.7. The van der Waals surface area contributed by atoms with Crippen LogP contribution < -0.4 is 5.32 Å². The Labute approximate surface area is 139 Å². The Bertz CT molecular complexity index is 979. The third-order valence-corrected chi connectivity index (χ3v) is 3.64. The van der Waals surface area contributed by atoms with Crippen LogP contribution in [0.5, 0.6) is 5.75 Å². The summed E-state index contributed by atoms with van der Waals surface area (Å²) >= 11 is 0. The number of aromatic hydroxyl groups is 1. The molecule has 2 N–H and O–H groups in total. The van der Waals surface area contributed by atoms with Crippen LogP contribution in [0.4, 0.5) is 5.69 Å². The molecule has 0 unspecified atom stereocenters. The number of nitrogens with one attached hydrogen (secondary N) is 1. The molecule has 0 aliphatic heterocycles. The number of hydrogen-bond acceptors (Lipinski definition) is 3. The highest BCUT2D eigenvalue weighted by atomic mass is 16.3. The van der Waals surface area contributed by atoms with Gasteiger partial charge in [0.15, 0.2) is 0 Å². The van der Waals surface area contributed by atoms with Gasteiger partial charge in [-0.15, -0.1) is 0 Å². The number of phenolic OH excluding ortho intramolecular Hbond substituents is 1. The summed E-state index contributed by atoms with van der Waals surface area (Å²) in [7, 11) is 0. The molecule has 0 aliphatic rings. The number of amides is 1. The van der Waals surface area contributed by atoms with Gasteiger partial charge in [0.2, 0.25) is 0 Å². The first-order chi connectivity index (χ1) is 11.7. The van der Waals surface area contributed by atoms with Crippen LogP contribution >= 0.6 is 0 Å². The van der Waals surface area contributed by atoms with Crippen molar-refractivity contribution in [2.45, 2.75) is 0 Å². The Morgan fingerprint density at radius 1 is 1.00 bits per heavy atom. The van der Waals surface area contributed by atoms with Gasteiger partial charge in [-0.1, -0.05) is 54.6 Å². The number of nitriles is 1. The van der Waals surface area contributed by atoms with Crippen molar-refractivity contribution in [1.29, 1.82) is 5.26 Å². The van der Waals surface area contributed by atoms with Gasteiger partial charge in [0, 0.05) is 16.6 Å². The number of phenols is 1. The topological polar surface area (TPSA) is 73.1 Å². The van der Waals surface area contributed by atoms with Gasteiger partial charge in [0.1, 0.15) is 17.4 Å². The van der Waals surface area contributed by atoms with E-state index in [4.69, 9.17) is 0 Å². The van der Waals surface area contributed by atoms with Crippen LogP contribution in [0.25, 0.3) is 16.8 Å². The van der Waals surface area contributed by atoms with Gasteiger partial charge < -0.3 is 10.4 Å². The number of anilines is 1. The molecule has 4 nitrogen and oxygen atoms in total. The first-order valence-corrected chi connectivity index (χ1v) is 7.38. The van der Waals surface area contributed by atoms with Crippen LogP contribution in [-0.2, 0) is 4.79 Å². The summed E-state index contributed by atoms with van der Waals surface area (Å²) in [5.74, 6) is -0.500. The highest BCUT2D eigenvalue weighted by Gasteiger charge is 2.12. The second-order valence-corrected chi connectivity index (χ2v) is 5.21. The average molecular weight is 314 g/mol. The third kappa shape index (κ3) is 3.11. The minimum absolute atomic E-state index is 0.0169. The van der Waals surface area contributed by atoms with Crippen molar-refractivity contribution in [3.8, 4) is 11.8 Å². The van der Waals surface area contributed by atoms with E-state index < -0.39 is 5.91 Å². The van der Waals surface area contributed by atoms with Crippen molar-refractivity contribution >= 4 is 28.4 Å². The largest absolute Gasteiger partial charge is 0.507 e. The zero-order chi connectivity index (χ0) is 16.9. The van der Waals surface area contributed by atoms with E-state index in [1.807, 2.05) is 42.5 Å². The van der Waals surface area contributed by atoms with Gasteiger partial charge in [-0.25, -0.2) is 0 Å². The van der Waals surface area contributed by atoms with Crippen LogP contribution in [-0.4, -0.2) is 11.0 Å². The van der Waals surface area contributed by atoms with Gasteiger partial charge in [0.05, 0.1) is 0 Å². The molecule has 24 heavy (non-hydrogen) atoms. The van der Waals surface area contributed by atoms with Gasteiger partial charge in [-0.2, -0.15) is 5.26 Å². The molecule has 0 aromatic heterocycles. The second-order valence-electron chi connectivity index (χ2n) is 5.21. The molecule has 0 saturated carbocycles. The van der Waals surface area contributed by atoms with Gasteiger partial charge in [0.25, 0.3) is 5.91 Å². The molecule has 4 heteroatoms. The number of benzene rings is 3. The number of fused-ring (bicyclic) bond motifs is 1. The van der Waals surface area contributed by atoms with Crippen LogP contribution in [0.3, 0.4) is 0 Å². The predicted octanol–water partition coefficient (Wildman–Crippen LogP) is 4.09. The Hall–Kier alpha value is -3.58. The van der Waals surface area contributed by atoms with Crippen LogP contribution in [0.15, 0.2) is 72.3 Å². The lowest BCUT2D eigenvalue weighted by Crippen LogP contribution is -2.13. The van der Waals surface area contributed by atoms with Crippen molar-refractivity contribution in [3.05, 3.63) is 77.9 Å². The molecule has 3 rings (SSSR count). The third-order valence-electron chi connectivity index (χ3n) is 3.64. The maximum absolute atomic E-state index is 12.4. The van der Waals surface area contributed by atoms with E-state index in [9.17, 15) is 15.2 Å². The van der Waals surface area contributed by atoms with E-state index >= 15 is 0 Å². The van der Waals surface area contributed by atoms with Gasteiger partial charge in [-0.05, 0) is 23.6 Å². The summed E-state index contributed by atoms with van der Waals surface area (Å²) in [6.45, 7) is 0. The molecule has 1 amide bonds. The number of carbonyl (C=O) groups is 1. The summed E-state index contributed by atoms with van der Waals surface area (Å²) in [4.78, 5) is 12.4. The smallest absolute Gasteiger partial charge is 0.266 e. The van der Waals surface area contributed by atoms with Gasteiger partial charge in [-0.3, -0.25) is 4.79 Å². The Balaban J connectivity index is 1.93. The number of nitrogens with zero attached hydrogens (tertiary/aromatic N) is 1. The lowest BCUT2D eigenvalue weighted by Gasteiger charge is -2.08. The van der Waals surface area contributed by atoms with E-state index in [-0.39, 0.29) is 11.3 Å². The lowest BCUT2D eigenvalue weighted by atomic mass is 10.1. The molecule has 0 spiro atoms. The summed E-state index contributed by atoms with van der Waals surface area (Å²) in [5, 5.41) is 23.7. The molecule has 0 radical (unpaired) electrons. The van der Waals surface area contributed by atoms with Crippen molar-refractivity contribution < 1.29 is 9.90 Å². The minimum Gasteiger partial charge on any atom is -0.507 e. The number of hydrogen-bond donors (Lipinski definition) is 2. The summed E-state index contributed by atoms with van der Waals surface area (Å²) in [6, 6.07) is 21.7. The SMILES string of the molecule is N#CC(=Cc1ccccc1O)C(=O)Nc1cccc2ccccc12. The molecule has 0 fully saturated rings. The fourth-order valence-corrected chi connectivity index (χ4v) is 2.44. The van der Waals surface area contributed by atoms with Crippen LogP contribution in [0.2, 0.25) is 0 Å². The molecular weight excluding hydrogens is 300 g/mol. The summed E-state index contributed by atoms with van der Waals surface area (Å²) in [5.41, 5.74) is 0.975. The first-order valence-electron chi connectivity index (χ1n) is 7.38. The Kier molecular flexibility index (Phi) is 4.26. The fraction of sp³-hybridized carbons (Fsp3) is 0. The van der Waals surface area contributed by atoms with E-state index in [2.05, 4.69) is 5.32 Å². The van der Waals surface area contributed by atoms with E-state index in [0.29, 0.717) is 11.3 Å². The van der Waals surface area contributed by atoms with E-state index in [1.165, 1.54) is 12.1 Å². The Morgan fingerprint density at radius 2 is 1.71 bits per heavy atom. The maximum atomic E-state index is 12.4. The molecule has 116 valence electrons. The van der Waals surface area contributed by atoms with Crippen molar-refractivity contribution in [2.24, 2.45) is 0 Å². The summed E-state index contributed by atoms with van der Waals surface area (Å²) < 4.78 is 0. The van der Waals surface area contributed by atoms with E-state index in [0.717, 1.165) is 10.8 Å². The maximum Gasteiger partial charge on any atom is 0.266 e. The number of carbonyl (C=O) groups excluding carboxylic acids is 1. The van der Waals surface area contributed by atoms with Crippen LogP contribution in [0.1, 0.15) is 5.56 Å². The second kappa shape index (κ2) is 6.67. The highest BCUT2D eigenvalue weighted by Crippen LogP contribution is 2.24. The monoisotopic (exact) mass is 314 g/mol. The molecule has 0 aliphatic carbocycles. The minimum atomic E-state index is -0.517. The van der Waals surface area contributed by atoms with Crippen molar-refractivity contribution in [2.75, 3.05) is 5.32 Å². The van der Waals surface area contributed by atoms with Crippen LogP contribution in [0, 0.1) is 11.3 Å². The zero-order valence-corrected chi connectivity index (χ0v) is 12.7. The highest BCUT2D eigenvalue weighted by molar-refractivity contribution is 6.13. The number of rotatable bonds is 3. The number of para-hydroxylation sites is 1. The fourth-order valence-electron chi connectivity index (χ4n) is 2.44. The van der Waals surface area contributed by atoms with Crippen molar-refractivity contribution in [1.82, 2.24) is 0 Å². The molecule has 3 aromatic rings. The normalized spacial score (nSPS) is 11.0. The molecule has 0 bridgehead atoms. The lowest BCUT2D eigenvalue weighted by molar-refractivity contribution is -0.112. The van der Waals surface area contributed by atoms with E-state index in [1.54, 1.807) is 24.3 Å². The average Bonchev–Trinajstić information content (AvgIpc) is 2.61. The first kappa shape index (κ1) is 15.3. The molecule has 3 aromatic carbocycles. The quantitative estimate of drug-likeness (QED) is 0.565. The summed E-state index contributed by atoms with van der Waals surface area (Å²) in [6.07, 6.45) is 1.37. The van der Waals surface area contributed by atoms with Crippen molar-refractivity contribution in [3.63, 3.8) is 0 Å². The molecule has 0 saturated heterocycles. The molecule has 0 heterocycles. The predicted molar refractivity (Wildman–Crippen MR) is 94.3 cm³/mol. The molecule has 0 atom stereocenters. The molecular formula is C20H14N2O2. The Morgan fingerprint density at radius 3 is 2.50 bits per heavy atom.